The molecule has 0 saturated carbocycles. The first kappa shape index (κ1) is 18.4. The number of nitrogens with zero attached hydrogens (tertiary/aromatic N) is 3. The van der Waals surface area contributed by atoms with Crippen LogP contribution in [0.3, 0.4) is 0 Å². The summed E-state index contributed by atoms with van der Waals surface area (Å²) in [5.41, 5.74) is 2.68. The molecule has 6 nitrogen and oxygen atoms in total. The van der Waals surface area contributed by atoms with E-state index in [4.69, 9.17) is 11.6 Å². The molecule has 8 heteroatoms. The van der Waals surface area contributed by atoms with Crippen LogP contribution in [-0.2, 0) is 21.1 Å². The Hall–Kier alpha value is -1.99. The Morgan fingerprint density at radius 2 is 2.19 bits per heavy atom. The van der Waals surface area contributed by atoms with E-state index in [0.717, 1.165) is 41.3 Å². The molecule has 1 N–H and O–H groups in total. The first-order valence-electron chi connectivity index (χ1n) is 9.07. The van der Waals surface area contributed by atoms with Crippen LogP contribution in [0.15, 0.2) is 24.3 Å². The van der Waals surface area contributed by atoms with Gasteiger partial charge in [0, 0.05) is 35.2 Å². The van der Waals surface area contributed by atoms with Gasteiger partial charge in [0.25, 0.3) is 0 Å². The van der Waals surface area contributed by atoms with Gasteiger partial charge in [-0.2, -0.15) is 16.9 Å². The number of aromatic nitrogens is 2. The Morgan fingerprint density at radius 1 is 1.33 bits per heavy atom. The SMILES string of the molecule is C[C@H]1CCCN(C(=O)C(=O)Nc2c3c(nn2-c2cccc(Cl)c2)CSC3)C1. The van der Waals surface area contributed by atoms with E-state index in [1.54, 1.807) is 33.5 Å². The fraction of sp³-hybridized carbons (Fsp3) is 0.421. The van der Waals surface area contributed by atoms with Gasteiger partial charge >= 0.3 is 11.8 Å². The largest absolute Gasteiger partial charge is 0.334 e. The lowest BCUT2D eigenvalue weighted by molar-refractivity contribution is -0.144. The van der Waals surface area contributed by atoms with Crippen molar-refractivity contribution in [2.45, 2.75) is 31.3 Å². The van der Waals surface area contributed by atoms with Crippen molar-refractivity contribution in [3.05, 3.63) is 40.5 Å². The maximum atomic E-state index is 12.7. The van der Waals surface area contributed by atoms with Crippen molar-refractivity contribution >= 4 is 41.0 Å². The number of nitrogens with one attached hydrogen (secondary N) is 1. The van der Waals surface area contributed by atoms with Crippen LogP contribution in [-0.4, -0.2) is 39.6 Å². The van der Waals surface area contributed by atoms with Gasteiger partial charge in [-0.1, -0.05) is 24.6 Å². The monoisotopic (exact) mass is 404 g/mol. The van der Waals surface area contributed by atoms with Gasteiger partial charge in [-0.3, -0.25) is 9.59 Å². The fourth-order valence-corrected chi connectivity index (χ4v) is 4.83. The minimum absolute atomic E-state index is 0.424. The molecule has 1 fully saturated rings. The van der Waals surface area contributed by atoms with Crippen LogP contribution >= 0.6 is 23.4 Å². The lowest BCUT2D eigenvalue weighted by Gasteiger charge is -2.30. The van der Waals surface area contributed by atoms with Crippen molar-refractivity contribution < 1.29 is 9.59 Å². The predicted molar refractivity (Wildman–Crippen MR) is 107 cm³/mol. The first-order chi connectivity index (χ1) is 13.0. The summed E-state index contributed by atoms with van der Waals surface area (Å²) in [6.45, 7) is 3.38. The number of halogens is 1. The number of benzene rings is 1. The maximum Gasteiger partial charge on any atom is 0.315 e. The van der Waals surface area contributed by atoms with E-state index in [1.807, 2.05) is 12.1 Å². The molecule has 0 unspecified atom stereocenters. The summed E-state index contributed by atoms with van der Waals surface area (Å²) in [5.74, 6) is 1.48. The minimum Gasteiger partial charge on any atom is -0.334 e. The summed E-state index contributed by atoms with van der Waals surface area (Å²) in [7, 11) is 0. The Morgan fingerprint density at radius 3 is 2.96 bits per heavy atom. The van der Waals surface area contributed by atoms with Gasteiger partial charge in [0.1, 0.15) is 5.82 Å². The highest BCUT2D eigenvalue weighted by Gasteiger charge is 2.30. The molecule has 0 spiro atoms. The van der Waals surface area contributed by atoms with Crippen molar-refractivity contribution in [3.8, 4) is 5.69 Å². The number of thioether (sulfide) groups is 1. The molecule has 1 atom stereocenters. The fourth-order valence-electron chi connectivity index (χ4n) is 3.61. The van der Waals surface area contributed by atoms with E-state index in [2.05, 4.69) is 17.3 Å². The second-order valence-corrected chi connectivity index (χ2v) is 8.53. The summed E-state index contributed by atoms with van der Waals surface area (Å²) in [5, 5.41) is 8.06. The second kappa shape index (κ2) is 7.56. The van der Waals surface area contributed by atoms with Gasteiger partial charge in [0.05, 0.1) is 11.4 Å². The van der Waals surface area contributed by atoms with Gasteiger partial charge in [-0.25, -0.2) is 4.68 Å². The smallest absolute Gasteiger partial charge is 0.315 e. The number of likely N-dealkylation sites (tertiary alicyclic amines) is 1. The van der Waals surface area contributed by atoms with E-state index in [9.17, 15) is 9.59 Å². The quantitative estimate of drug-likeness (QED) is 0.778. The van der Waals surface area contributed by atoms with E-state index in [-0.39, 0.29) is 0 Å². The average molecular weight is 405 g/mol. The normalized spacial score (nSPS) is 19.0. The van der Waals surface area contributed by atoms with Crippen molar-refractivity contribution in [1.82, 2.24) is 14.7 Å². The molecule has 2 aromatic rings. The first-order valence-corrected chi connectivity index (χ1v) is 10.6. The summed E-state index contributed by atoms with van der Waals surface area (Å²) in [4.78, 5) is 27.0. The number of hydrogen-bond donors (Lipinski definition) is 1. The highest BCUT2D eigenvalue weighted by atomic mass is 35.5. The number of rotatable bonds is 2. The molecular formula is C19H21ClN4O2S. The van der Waals surface area contributed by atoms with Crippen LogP contribution in [0.1, 0.15) is 31.0 Å². The molecule has 0 aliphatic carbocycles. The van der Waals surface area contributed by atoms with Gasteiger partial charge in [-0.05, 0) is 37.0 Å². The molecule has 3 heterocycles. The standard InChI is InChI=1S/C19H21ClN4O2S/c1-12-4-3-7-23(9-12)19(26)18(25)21-17-15-10-27-11-16(15)22-24(17)14-6-2-5-13(20)8-14/h2,5-6,8,12H,3-4,7,9-11H2,1H3,(H,21,25)/t12-/m0/s1. The van der Waals surface area contributed by atoms with Crippen molar-refractivity contribution in [2.75, 3.05) is 18.4 Å². The Labute approximate surface area is 167 Å². The number of amides is 2. The number of carbonyl (C=O) groups excluding carboxylic acids is 2. The molecule has 142 valence electrons. The summed E-state index contributed by atoms with van der Waals surface area (Å²) in [6.07, 6.45) is 2.03. The van der Waals surface area contributed by atoms with E-state index >= 15 is 0 Å². The highest BCUT2D eigenvalue weighted by Crippen LogP contribution is 2.36. The van der Waals surface area contributed by atoms with Gasteiger partial charge in [0.15, 0.2) is 0 Å². The van der Waals surface area contributed by atoms with E-state index in [1.165, 1.54) is 0 Å². The van der Waals surface area contributed by atoms with Gasteiger partial charge in [-0.15, -0.1) is 0 Å². The van der Waals surface area contributed by atoms with Crippen LogP contribution in [0.5, 0.6) is 0 Å². The zero-order valence-corrected chi connectivity index (χ0v) is 16.6. The third kappa shape index (κ3) is 3.71. The lowest BCUT2D eigenvalue weighted by Crippen LogP contribution is -2.45. The summed E-state index contributed by atoms with van der Waals surface area (Å²) < 4.78 is 1.68. The van der Waals surface area contributed by atoms with E-state index < -0.39 is 11.8 Å². The molecule has 4 rings (SSSR count). The molecular weight excluding hydrogens is 384 g/mol. The van der Waals surface area contributed by atoms with Crippen molar-refractivity contribution in [1.29, 1.82) is 0 Å². The van der Waals surface area contributed by atoms with Crippen LogP contribution in [0.4, 0.5) is 5.82 Å². The minimum atomic E-state index is -0.605. The number of hydrogen-bond acceptors (Lipinski definition) is 4. The second-order valence-electron chi connectivity index (χ2n) is 7.11. The van der Waals surface area contributed by atoms with Crippen LogP contribution < -0.4 is 5.32 Å². The molecule has 0 radical (unpaired) electrons. The Bertz CT molecular complexity index is 898. The highest BCUT2D eigenvalue weighted by molar-refractivity contribution is 7.98. The van der Waals surface area contributed by atoms with Crippen molar-refractivity contribution in [2.24, 2.45) is 5.92 Å². The Kier molecular flexibility index (Phi) is 5.14. The van der Waals surface area contributed by atoms with Crippen LogP contribution in [0.25, 0.3) is 5.69 Å². The predicted octanol–water partition coefficient (Wildman–Crippen LogP) is 3.47. The molecule has 1 aromatic carbocycles. The molecule has 2 amide bonds. The van der Waals surface area contributed by atoms with Crippen LogP contribution in [0.2, 0.25) is 5.02 Å². The zero-order valence-electron chi connectivity index (χ0n) is 15.1. The molecule has 2 aliphatic heterocycles. The molecule has 27 heavy (non-hydrogen) atoms. The van der Waals surface area contributed by atoms with Gasteiger partial charge in [0.2, 0.25) is 0 Å². The van der Waals surface area contributed by atoms with Crippen LogP contribution in [0, 0.1) is 5.92 Å². The molecule has 0 bridgehead atoms. The third-order valence-corrected chi connectivity index (χ3v) is 6.18. The molecule has 1 aromatic heterocycles. The topological polar surface area (TPSA) is 67.2 Å². The number of anilines is 1. The Balaban J connectivity index is 1.61. The number of piperidine rings is 1. The lowest BCUT2D eigenvalue weighted by atomic mass is 10.0. The number of fused-ring (bicyclic) bond motifs is 1. The summed E-state index contributed by atoms with van der Waals surface area (Å²) in [6, 6.07) is 7.30. The summed E-state index contributed by atoms with van der Waals surface area (Å²) >= 11 is 7.87. The third-order valence-electron chi connectivity index (χ3n) is 4.98. The van der Waals surface area contributed by atoms with Crippen molar-refractivity contribution in [3.63, 3.8) is 0 Å². The average Bonchev–Trinajstić information content (AvgIpc) is 3.23. The molecule has 2 aliphatic rings. The van der Waals surface area contributed by atoms with Gasteiger partial charge < -0.3 is 10.2 Å². The zero-order chi connectivity index (χ0) is 19.0. The molecule has 1 saturated heterocycles. The number of carbonyl (C=O) groups is 2. The van der Waals surface area contributed by atoms with E-state index in [0.29, 0.717) is 29.8 Å². The maximum absolute atomic E-state index is 12.7.